The van der Waals surface area contributed by atoms with E-state index in [0.717, 1.165) is 24.4 Å². The molecule has 0 radical (unpaired) electrons. The summed E-state index contributed by atoms with van der Waals surface area (Å²) in [5.74, 6) is 0.815. The molecule has 0 saturated heterocycles. The number of hydrogen-bond acceptors (Lipinski definition) is 2. The minimum absolute atomic E-state index is 0.0103. The fourth-order valence-corrected chi connectivity index (χ4v) is 3.09. The largest absolute Gasteiger partial charge is 0.382 e. The van der Waals surface area contributed by atoms with Crippen LogP contribution in [0.3, 0.4) is 0 Å². The summed E-state index contributed by atoms with van der Waals surface area (Å²) in [4.78, 5) is 13.9. The summed E-state index contributed by atoms with van der Waals surface area (Å²) in [6.45, 7) is 2.32. The maximum absolute atomic E-state index is 12.3. The Morgan fingerprint density at radius 3 is 2.71 bits per heavy atom. The van der Waals surface area contributed by atoms with Crippen LogP contribution in [0.5, 0.6) is 0 Å². The highest BCUT2D eigenvalue weighted by atomic mass is 35.5. The number of anilines is 1. The van der Waals surface area contributed by atoms with E-state index in [9.17, 15) is 4.79 Å². The van der Waals surface area contributed by atoms with Gasteiger partial charge in [-0.2, -0.15) is 0 Å². The van der Waals surface area contributed by atoms with Gasteiger partial charge in [0.2, 0.25) is 0 Å². The van der Waals surface area contributed by atoms with Crippen molar-refractivity contribution in [2.45, 2.75) is 45.1 Å². The molecule has 1 aromatic carbocycles. The highest BCUT2D eigenvalue weighted by Gasteiger charge is 2.19. The van der Waals surface area contributed by atoms with Crippen LogP contribution in [0, 0.1) is 5.92 Å². The van der Waals surface area contributed by atoms with Gasteiger partial charge in [-0.05, 0) is 43.4 Å². The van der Waals surface area contributed by atoms with Crippen molar-refractivity contribution >= 4 is 23.2 Å². The molecule has 1 fully saturated rings. The van der Waals surface area contributed by atoms with Gasteiger partial charge in [0.25, 0.3) is 5.91 Å². The van der Waals surface area contributed by atoms with Gasteiger partial charge < -0.3 is 10.2 Å². The molecule has 21 heavy (non-hydrogen) atoms. The predicted molar refractivity (Wildman–Crippen MR) is 89.1 cm³/mol. The second-order valence-corrected chi connectivity index (χ2v) is 6.78. The first kappa shape index (κ1) is 16.2. The van der Waals surface area contributed by atoms with Crippen molar-refractivity contribution in [3.63, 3.8) is 0 Å². The molecule has 1 N–H and O–H groups in total. The summed E-state index contributed by atoms with van der Waals surface area (Å²) in [5.41, 5.74) is 1.56. The van der Waals surface area contributed by atoms with Crippen LogP contribution in [0.2, 0.25) is 5.02 Å². The van der Waals surface area contributed by atoms with Crippen molar-refractivity contribution in [2.24, 2.45) is 5.92 Å². The average Bonchev–Trinajstić information content (AvgIpc) is 2.63. The smallest absolute Gasteiger partial charge is 0.255 e. The third kappa shape index (κ3) is 4.37. The van der Waals surface area contributed by atoms with Gasteiger partial charge in [0, 0.05) is 30.8 Å². The van der Waals surface area contributed by atoms with Crippen LogP contribution in [0.4, 0.5) is 5.69 Å². The van der Waals surface area contributed by atoms with Crippen LogP contribution in [-0.2, 0) is 0 Å². The van der Waals surface area contributed by atoms with E-state index in [0.29, 0.717) is 16.6 Å². The fourth-order valence-electron chi connectivity index (χ4n) is 2.91. The van der Waals surface area contributed by atoms with Crippen LogP contribution in [0.15, 0.2) is 18.2 Å². The van der Waals surface area contributed by atoms with E-state index in [1.165, 1.54) is 19.3 Å². The van der Waals surface area contributed by atoms with E-state index in [2.05, 4.69) is 12.2 Å². The molecule has 1 aliphatic carbocycles. The van der Waals surface area contributed by atoms with Crippen LogP contribution < -0.4 is 5.32 Å². The number of carbonyl (C=O) groups is 1. The lowest BCUT2D eigenvalue weighted by atomic mass is 10.0. The molecule has 0 heterocycles. The standard InChI is InChI=1S/C17H25ClN2O/c1-12-5-4-6-14(9-7-12)19-16-11-13(18)8-10-15(16)17(21)20(2)3/h8,10-12,14,19H,4-7,9H2,1-3H3. The third-order valence-corrected chi connectivity index (χ3v) is 4.47. The number of carbonyl (C=O) groups excluding carboxylic acids is 1. The molecule has 0 aromatic heterocycles. The number of nitrogens with one attached hydrogen (secondary N) is 1. The lowest BCUT2D eigenvalue weighted by molar-refractivity contribution is 0.0828. The van der Waals surface area contributed by atoms with Gasteiger partial charge in [0.1, 0.15) is 0 Å². The first-order chi connectivity index (χ1) is 9.97. The highest BCUT2D eigenvalue weighted by molar-refractivity contribution is 6.31. The Labute approximate surface area is 132 Å². The highest BCUT2D eigenvalue weighted by Crippen LogP contribution is 2.28. The van der Waals surface area contributed by atoms with E-state index in [1.54, 1.807) is 25.1 Å². The maximum Gasteiger partial charge on any atom is 0.255 e. The molecule has 1 saturated carbocycles. The molecule has 116 valence electrons. The van der Waals surface area contributed by atoms with Gasteiger partial charge in [-0.3, -0.25) is 4.79 Å². The molecule has 0 spiro atoms. The Kier molecular flexibility index (Phi) is 5.51. The van der Waals surface area contributed by atoms with Gasteiger partial charge in [0.05, 0.1) is 5.56 Å². The Hall–Kier alpha value is -1.22. The first-order valence-corrected chi connectivity index (χ1v) is 8.13. The van der Waals surface area contributed by atoms with E-state index < -0.39 is 0 Å². The summed E-state index contributed by atoms with van der Waals surface area (Å²) in [6.07, 6.45) is 6.11. The number of halogens is 1. The Morgan fingerprint density at radius 1 is 1.24 bits per heavy atom. The van der Waals surface area contributed by atoms with Gasteiger partial charge in [-0.15, -0.1) is 0 Å². The fraction of sp³-hybridized carbons (Fsp3) is 0.588. The zero-order chi connectivity index (χ0) is 15.4. The molecular weight excluding hydrogens is 284 g/mol. The lowest BCUT2D eigenvalue weighted by Crippen LogP contribution is -2.25. The molecule has 1 amide bonds. The minimum atomic E-state index is 0.0103. The van der Waals surface area contributed by atoms with E-state index >= 15 is 0 Å². The second-order valence-electron chi connectivity index (χ2n) is 6.34. The topological polar surface area (TPSA) is 32.3 Å². The number of nitrogens with zero attached hydrogens (tertiary/aromatic N) is 1. The Balaban J connectivity index is 2.18. The molecule has 2 rings (SSSR count). The summed E-state index contributed by atoms with van der Waals surface area (Å²) >= 11 is 6.11. The van der Waals surface area contributed by atoms with Gasteiger partial charge in [-0.25, -0.2) is 0 Å². The number of benzene rings is 1. The van der Waals surface area contributed by atoms with Gasteiger partial charge in [0.15, 0.2) is 0 Å². The van der Waals surface area contributed by atoms with Crippen molar-refractivity contribution in [2.75, 3.05) is 19.4 Å². The van der Waals surface area contributed by atoms with Crippen molar-refractivity contribution < 1.29 is 4.79 Å². The van der Waals surface area contributed by atoms with E-state index in [-0.39, 0.29) is 5.91 Å². The van der Waals surface area contributed by atoms with Gasteiger partial charge in [-0.1, -0.05) is 31.4 Å². The summed E-state index contributed by atoms with van der Waals surface area (Å²) in [6, 6.07) is 5.89. The molecule has 3 nitrogen and oxygen atoms in total. The van der Waals surface area contributed by atoms with Crippen LogP contribution in [0.1, 0.15) is 49.4 Å². The molecule has 2 atom stereocenters. The Morgan fingerprint density at radius 2 is 2.00 bits per heavy atom. The van der Waals surface area contributed by atoms with Crippen molar-refractivity contribution in [1.82, 2.24) is 4.90 Å². The number of hydrogen-bond donors (Lipinski definition) is 1. The molecule has 0 aliphatic heterocycles. The zero-order valence-electron chi connectivity index (χ0n) is 13.2. The van der Waals surface area contributed by atoms with E-state index in [1.807, 2.05) is 12.1 Å². The van der Waals surface area contributed by atoms with Crippen LogP contribution in [-0.4, -0.2) is 30.9 Å². The second kappa shape index (κ2) is 7.17. The lowest BCUT2D eigenvalue weighted by Gasteiger charge is -2.21. The quantitative estimate of drug-likeness (QED) is 0.838. The molecular formula is C17H25ClN2O. The molecule has 1 aromatic rings. The van der Waals surface area contributed by atoms with Crippen molar-refractivity contribution in [3.8, 4) is 0 Å². The van der Waals surface area contributed by atoms with Crippen LogP contribution >= 0.6 is 11.6 Å². The number of rotatable bonds is 3. The van der Waals surface area contributed by atoms with Crippen molar-refractivity contribution in [1.29, 1.82) is 0 Å². The van der Waals surface area contributed by atoms with E-state index in [4.69, 9.17) is 11.6 Å². The van der Waals surface area contributed by atoms with Gasteiger partial charge >= 0.3 is 0 Å². The maximum atomic E-state index is 12.3. The molecule has 0 bridgehead atoms. The van der Waals surface area contributed by atoms with Crippen LogP contribution in [0.25, 0.3) is 0 Å². The molecule has 2 unspecified atom stereocenters. The molecule has 4 heteroatoms. The van der Waals surface area contributed by atoms with Crippen molar-refractivity contribution in [3.05, 3.63) is 28.8 Å². The molecule has 1 aliphatic rings. The monoisotopic (exact) mass is 308 g/mol. The Bertz CT molecular complexity index is 502. The summed E-state index contributed by atoms with van der Waals surface area (Å²) in [7, 11) is 3.54. The minimum Gasteiger partial charge on any atom is -0.382 e. The average molecular weight is 309 g/mol. The number of amides is 1. The normalized spacial score (nSPS) is 22.5. The first-order valence-electron chi connectivity index (χ1n) is 7.75. The summed E-state index contributed by atoms with van der Waals surface area (Å²) in [5, 5.41) is 4.22. The third-order valence-electron chi connectivity index (χ3n) is 4.24. The zero-order valence-corrected chi connectivity index (χ0v) is 13.9. The SMILES string of the molecule is CC1CCCC(Nc2cc(Cl)ccc2C(=O)N(C)C)CC1. The summed E-state index contributed by atoms with van der Waals surface area (Å²) < 4.78 is 0. The predicted octanol–water partition coefficient (Wildman–Crippen LogP) is 4.42.